The largest absolute Gasteiger partial charge is 0.336 e. The third kappa shape index (κ3) is 4.16. The lowest BCUT2D eigenvalue weighted by atomic mass is 9.75. The number of thiophene rings is 1. The highest BCUT2D eigenvalue weighted by molar-refractivity contribution is 7.09. The number of carbonyl (C=O) groups is 3. The van der Waals surface area contributed by atoms with Crippen LogP contribution in [0.3, 0.4) is 0 Å². The molecule has 0 aliphatic carbocycles. The molecule has 0 spiro atoms. The van der Waals surface area contributed by atoms with Crippen LogP contribution in [-0.4, -0.2) is 39.1 Å². The van der Waals surface area contributed by atoms with Crippen LogP contribution in [-0.2, 0) is 26.3 Å². The number of imide groups is 1. The normalized spacial score (nSPS) is 22.9. The van der Waals surface area contributed by atoms with Gasteiger partial charge in [0.2, 0.25) is 17.7 Å². The molecule has 0 saturated carbocycles. The Morgan fingerprint density at radius 1 is 1.06 bits per heavy atom. The number of pyridine rings is 1. The number of nitrogens with zero attached hydrogens (tertiary/aromatic N) is 3. The first-order valence-electron chi connectivity index (χ1n) is 11.7. The van der Waals surface area contributed by atoms with E-state index in [1.165, 1.54) is 16.2 Å². The van der Waals surface area contributed by atoms with Gasteiger partial charge in [-0.1, -0.05) is 42.5 Å². The van der Waals surface area contributed by atoms with Gasteiger partial charge in [0, 0.05) is 36.7 Å². The molecule has 2 saturated heterocycles. The molecule has 0 unspecified atom stereocenters. The van der Waals surface area contributed by atoms with Gasteiger partial charge in [0.05, 0.1) is 18.0 Å². The maximum absolute atomic E-state index is 13.9. The van der Waals surface area contributed by atoms with Crippen molar-refractivity contribution in [3.8, 4) is 0 Å². The van der Waals surface area contributed by atoms with Crippen molar-refractivity contribution in [1.29, 1.82) is 0 Å². The van der Waals surface area contributed by atoms with E-state index in [1.807, 2.05) is 71.1 Å². The van der Waals surface area contributed by atoms with E-state index in [0.29, 0.717) is 6.54 Å². The molecule has 2 aliphatic heterocycles. The maximum Gasteiger partial charge on any atom is 0.241 e. The van der Waals surface area contributed by atoms with Gasteiger partial charge in [0.15, 0.2) is 0 Å². The monoisotopic (exact) mass is 473 g/mol. The van der Waals surface area contributed by atoms with E-state index in [9.17, 15) is 14.4 Å². The third-order valence-electron chi connectivity index (χ3n) is 6.97. The molecule has 2 aliphatic rings. The summed E-state index contributed by atoms with van der Waals surface area (Å²) in [4.78, 5) is 49.2. The van der Waals surface area contributed by atoms with E-state index in [1.54, 1.807) is 6.20 Å². The molecule has 0 radical (unpaired) electrons. The molecule has 0 N–H and O–H groups in total. The summed E-state index contributed by atoms with van der Waals surface area (Å²) in [6, 6.07) is 17.0. The van der Waals surface area contributed by atoms with E-state index in [2.05, 4.69) is 4.98 Å². The average molecular weight is 474 g/mol. The summed E-state index contributed by atoms with van der Waals surface area (Å²) in [7, 11) is 0. The number of hydrogen-bond acceptors (Lipinski definition) is 5. The molecule has 2 fully saturated rings. The van der Waals surface area contributed by atoms with Crippen LogP contribution in [0.5, 0.6) is 0 Å². The smallest absolute Gasteiger partial charge is 0.241 e. The van der Waals surface area contributed by atoms with Gasteiger partial charge in [-0.3, -0.25) is 24.3 Å². The Labute approximate surface area is 203 Å². The number of hydrogen-bond donors (Lipinski definition) is 0. The fourth-order valence-electron chi connectivity index (χ4n) is 5.25. The van der Waals surface area contributed by atoms with Gasteiger partial charge >= 0.3 is 0 Å². The highest BCUT2D eigenvalue weighted by Gasteiger charge is 2.54. The van der Waals surface area contributed by atoms with Crippen LogP contribution in [0.1, 0.15) is 54.1 Å². The Balaban J connectivity index is 1.47. The Morgan fingerprint density at radius 3 is 2.65 bits per heavy atom. The summed E-state index contributed by atoms with van der Waals surface area (Å²) in [5, 5.41) is 1.93. The first-order valence-corrected chi connectivity index (χ1v) is 12.6. The molecule has 2 aromatic heterocycles. The summed E-state index contributed by atoms with van der Waals surface area (Å²) >= 11 is 1.52. The van der Waals surface area contributed by atoms with Crippen LogP contribution in [0, 0.1) is 0 Å². The third-order valence-corrected chi connectivity index (χ3v) is 7.84. The standard InChI is InChI=1S/C27H27N3O3S/c31-24(29-14-5-4-12-23(29)20-8-6-13-28-18-20)16-27(21-9-2-1-3-10-21)17-25(32)30(26(27)33)19-22-11-7-15-34-22/h1-3,6-11,13,15,18,23H,4-5,12,14,16-17,19H2/t23-,27-/m1/s1. The van der Waals surface area contributed by atoms with Crippen molar-refractivity contribution in [2.75, 3.05) is 6.54 Å². The molecule has 6 nitrogen and oxygen atoms in total. The molecule has 3 amide bonds. The quantitative estimate of drug-likeness (QED) is 0.495. The Morgan fingerprint density at radius 2 is 1.91 bits per heavy atom. The Kier molecular flexibility index (Phi) is 6.28. The predicted octanol–water partition coefficient (Wildman–Crippen LogP) is 4.48. The predicted molar refractivity (Wildman–Crippen MR) is 130 cm³/mol. The van der Waals surface area contributed by atoms with Crippen molar-refractivity contribution in [1.82, 2.24) is 14.8 Å². The minimum absolute atomic E-state index is 0.0123. The number of piperidine rings is 1. The van der Waals surface area contributed by atoms with Crippen LogP contribution in [0.2, 0.25) is 0 Å². The zero-order valence-electron chi connectivity index (χ0n) is 18.9. The minimum Gasteiger partial charge on any atom is -0.336 e. The Hall–Kier alpha value is -3.32. The summed E-state index contributed by atoms with van der Waals surface area (Å²) in [6.07, 6.45) is 6.38. The van der Waals surface area contributed by atoms with E-state index >= 15 is 0 Å². The van der Waals surface area contributed by atoms with Gasteiger partial charge in [-0.2, -0.15) is 0 Å². The fourth-order valence-corrected chi connectivity index (χ4v) is 5.94. The molecule has 7 heteroatoms. The van der Waals surface area contributed by atoms with Crippen LogP contribution < -0.4 is 0 Å². The zero-order chi connectivity index (χ0) is 23.5. The first kappa shape index (κ1) is 22.5. The van der Waals surface area contributed by atoms with Gasteiger partial charge in [0.25, 0.3) is 0 Å². The number of aromatic nitrogens is 1. The molecule has 1 aromatic carbocycles. The van der Waals surface area contributed by atoms with E-state index in [-0.39, 0.29) is 43.1 Å². The number of rotatable bonds is 6. The van der Waals surface area contributed by atoms with Gasteiger partial charge in [-0.25, -0.2) is 0 Å². The molecule has 174 valence electrons. The van der Waals surface area contributed by atoms with Crippen molar-refractivity contribution in [2.45, 2.75) is 50.1 Å². The number of amides is 3. The summed E-state index contributed by atoms with van der Waals surface area (Å²) in [5.74, 6) is -0.588. The lowest BCUT2D eigenvalue weighted by molar-refractivity contribution is -0.144. The second kappa shape index (κ2) is 9.50. The second-order valence-electron chi connectivity index (χ2n) is 9.05. The lowest BCUT2D eigenvalue weighted by Gasteiger charge is -2.38. The molecule has 5 rings (SSSR count). The van der Waals surface area contributed by atoms with Crippen molar-refractivity contribution in [3.63, 3.8) is 0 Å². The average Bonchev–Trinajstić information content (AvgIpc) is 3.48. The molecular weight excluding hydrogens is 446 g/mol. The SMILES string of the molecule is O=C1C[C@](CC(=O)N2CCCC[C@@H]2c2cccnc2)(c2ccccc2)C(=O)N1Cc1cccs1. The second-order valence-corrected chi connectivity index (χ2v) is 10.1. The lowest BCUT2D eigenvalue weighted by Crippen LogP contribution is -2.45. The summed E-state index contributed by atoms with van der Waals surface area (Å²) < 4.78 is 0. The molecule has 2 atom stereocenters. The first-order chi connectivity index (χ1) is 16.6. The van der Waals surface area contributed by atoms with Gasteiger partial charge in [0.1, 0.15) is 0 Å². The van der Waals surface area contributed by atoms with Gasteiger partial charge < -0.3 is 4.90 Å². The highest BCUT2D eigenvalue weighted by atomic mass is 32.1. The van der Waals surface area contributed by atoms with Crippen LogP contribution >= 0.6 is 11.3 Å². The molecule has 4 heterocycles. The van der Waals surface area contributed by atoms with Gasteiger partial charge in [-0.15, -0.1) is 11.3 Å². The van der Waals surface area contributed by atoms with Crippen molar-refractivity contribution < 1.29 is 14.4 Å². The number of benzene rings is 1. The van der Waals surface area contributed by atoms with Crippen LogP contribution in [0.25, 0.3) is 0 Å². The zero-order valence-corrected chi connectivity index (χ0v) is 19.7. The molecule has 34 heavy (non-hydrogen) atoms. The minimum atomic E-state index is -1.18. The van der Waals surface area contributed by atoms with E-state index in [0.717, 1.165) is 35.3 Å². The molecular formula is C27H27N3O3S. The van der Waals surface area contributed by atoms with Gasteiger partial charge in [-0.05, 0) is 47.9 Å². The topological polar surface area (TPSA) is 70.6 Å². The molecule has 3 aromatic rings. The van der Waals surface area contributed by atoms with Crippen LogP contribution in [0.4, 0.5) is 0 Å². The van der Waals surface area contributed by atoms with Crippen LogP contribution in [0.15, 0.2) is 72.4 Å². The maximum atomic E-state index is 13.9. The summed E-state index contributed by atoms with van der Waals surface area (Å²) in [5.41, 5.74) is 0.562. The Bertz CT molecular complexity index is 1170. The van der Waals surface area contributed by atoms with Crippen molar-refractivity contribution in [2.24, 2.45) is 0 Å². The van der Waals surface area contributed by atoms with Crippen molar-refractivity contribution >= 4 is 29.1 Å². The van der Waals surface area contributed by atoms with E-state index < -0.39 is 5.41 Å². The summed E-state index contributed by atoms with van der Waals surface area (Å²) in [6.45, 7) is 0.893. The fraction of sp³-hybridized carbons (Fsp3) is 0.333. The van der Waals surface area contributed by atoms with E-state index in [4.69, 9.17) is 0 Å². The van der Waals surface area contributed by atoms with Crippen molar-refractivity contribution in [3.05, 3.63) is 88.4 Å². The molecule has 0 bridgehead atoms. The number of likely N-dealkylation sites (tertiary alicyclic amines) is 2. The number of carbonyl (C=O) groups excluding carboxylic acids is 3. The highest BCUT2D eigenvalue weighted by Crippen LogP contribution is 2.42.